The molecule has 2 aliphatic heterocycles. The van der Waals surface area contributed by atoms with E-state index in [0.29, 0.717) is 25.2 Å². The van der Waals surface area contributed by atoms with Gasteiger partial charge in [-0.1, -0.05) is 30.3 Å². The monoisotopic (exact) mass is 315 g/mol. The number of fused-ring (bicyclic) bond motifs is 1. The summed E-state index contributed by atoms with van der Waals surface area (Å²) in [7, 11) is 0. The molecule has 1 saturated carbocycles. The van der Waals surface area contributed by atoms with Crippen molar-refractivity contribution in [2.24, 2.45) is 5.92 Å². The summed E-state index contributed by atoms with van der Waals surface area (Å²) in [5, 5.41) is 0. The summed E-state index contributed by atoms with van der Waals surface area (Å²) >= 11 is 0. The molecule has 124 valence electrons. The zero-order valence-electron chi connectivity index (χ0n) is 13.7. The van der Waals surface area contributed by atoms with Gasteiger partial charge in [0, 0.05) is 25.4 Å². The minimum Gasteiger partial charge on any atom is -0.347 e. The second-order valence-electron chi connectivity index (χ2n) is 7.20. The van der Waals surface area contributed by atoms with Gasteiger partial charge in [-0.2, -0.15) is 0 Å². The Labute approximate surface area is 137 Å². The van der Waals surface area contributed by atoms with Gasteiger partial charge in [0.15, 0.2) is 5.79 Å². The highest BCUT2D eigenvalue weighted by atomic mass is 16.7. The number of rotatable bonds is 3. The third kappa shape index (κ3) is 2.84. The maximum atomic E-state index is 12.2. The molecule has 3 atom stereocenters. The lowest BCUT2D eigenvalue weighted by atomic mass is 9.81. The topological polar surface area (TPSA) is 38.8 Å². The Morgan fingerprint density at radius 2 is 2.00 bits per heavy atom. The Bertz CT molecular complexity index is 567. The van der Waals surface area contributed by atoms with Gasteiger partial charge in [-0.15, -0.1) is 0 Å². The molecular formula is C19H25NO3. The maximum Gasteiger partial charge on any atom is 0.170 e. The van der Waals surface area contributed by atoms with Crippen molar-refractivity contribution in [3.63, 3.8) is 0 Å². The van der Waals surface area contributed by atoms with Crippen LogP contribution in [0.2, 0.25) is 0 Å². The first-order valence-corrected chi connectivity index (χ1v) is 8.75. The van der Waals surface area contributed by atoms with Crippen molar-refractivity contribution >= 4 is 5.78 Å². The molecule has 0 N–H and O–H groups in total. The number of hydrogen-bond donors (Lipinski definition) is 0. The molecule has 1 aromatic carbocycles. The molecule has 0 radical (unpaired) electrons. The van der Waals surface area contributed by atoms with E-state index in [1.165, 1.54) is 5.56 Å². The van der Waals surface area contributed by atoms with Gasteiger partial charge >= 0.3 is 0 Å². The number of Topliss-reactive ketones (excluding diaryl/α,β-unsaturated/α-hetero) is 1. The predicted octanol–water partition coefficient (Wildman–Crippen LogP) is 2.76. The number of benzene rings is 1. The predicted molar refractivity (Wildman–Crippen MR) is 86.8 cm³/mol. The number of ketones is 1. The Hall–Kier alpha value is -1.23. The van der Waals surface area contributed by atoms with E-state index in [9.17, 15) is 4.79 Å². The Morgan fingerprint density at radius 3 is 2.70 bits per heavy atom. The highest BCUT2D eigenvalue weighted by Crippen LogP contribution is 2.47. The molecule has 1 spiro atoms. The summed E-state index contributed by atoms with van der Waals surface area (Å²) in [6, 6.07) is 10.9. The van der Waals surface area contributed by atoms with Gasteiger partial charge in [0.05, 0.1) is 19.3 Å². The van der Waals surface area contributed by atoms with E-state index in [0.717, 1.165) is 32.2 Å². The van der Waals surface area contributed by atoms with Crippen LogP contribution in [0, 0.1) is 5.92 Å². The second kappa shape index (κ2) is 6.00. The van der Waals surface area contributed by atoms with Crippen LogP contribution < -0.4 is 0 Å². The van der Waals surface area contributed by atoms with Crippen molar-refractivity contribution in [2.45, 2.75) is 57.0 Å². The molecule has 3 fully saturated rings. The summed E-state index contributed by atoms with van der Waals surface area (Å²) in [6.45, 7) is 3.97. The summed E-state index contributed by atoms with van der Waals surface area (Å²) in [4.78, 5) is 14.6. The molecule has 23 heavy (non-hydrogen) atoms. The van der Waals surface area contributed by atoms with Crippen molar-refractivity contribution in [3.05, 3.63) is 35.9 Å². The molecule has 0 amide bonds. The van der Waals surface area contributed by atoms with E-state index in [1.54, 1.807) is 6.92 Å². The third-order valence-electron chi connectivity index (χ3n) is 5.80. The number of likely N-dealkylation sites (tertiary alicyclic amines) is 1. The normalized spacial score (nSPS) is 33.0. The average Bonchev–Trinajstić information content (AvgIpc) is 3.14. The van der Waals surface area contributed by atoms with Gasteiger partial charge in [-0.25, -0.2) is 0 Å². The first kappa shape index (κ1) is 15.3. The molecule has 4 heteroatoms. The fraction of sp³-hybridized carbons (Fsp3) is 0.632. The van der Waals surface area contributed by atoms with Gasteiger partial charge in [0.25, 0.3) is 0 Å². The van der Waals surface area contributed by atoms with E-state index in [2.05, 4.69) is 29.2 Å². The average molecular weight is 315 g/mol. The summed E-state index contributed by atoms with van der Waals surface area (Å²) in [5.74, 6) is 0.491. The Kier molecular flexibility index (Phi) is 4.00. The van der Waals surface area contributed by atoms with Crippen molar-refractivity contribution in [3.8, 4) is 0 Å². The molecule has 1 aromatic rings. The van der Waals surface area contributed by atoms with Crippen molar-refractivity contribution in [2.75, 3.05) is 13.2 Å². The van der Waals surface area contributed by atoms with Crippen LogP contribution in [0.5, 0.6) is 0 Å². The zero-order chi connectivity index (χ0) is 15.9. The molecule has 1 aliphatic carbocycles. The van der Waals surface area contributed by atoms with E-state index in [1.807, 2.05) is 6.07 Å². The second-order valence-corrected chi connectivity index (χ2v) is 7.20. The van der Waals surface area contributed by atoms with E-state index >= 15 is 0 Å². The smallest absolute Gasteiger partial charge is 0.170 e. The first-order valence-electron chi connectivity index (χ1n) is 8.75. The number of nitrogens with zero attached hydrogens (tertiary/aromatic N) is 1. The van der Waals surface area contributed by atoms with Crippen molar-refractivity contribution in [1.82, 2.24) is 4.90 Å². The number of ether oxygens (including phenoxy) is 2. The highest BCUT2D eigenvalue weighted by molar-refractivity contribution is 5.81. The van der Waals surface area contributed by atoms with Gasteiger partial charge in [0.1, 0.15) is 5.78 Å². The number of carbonyl (C=O) groups excluding carboxylic acids is 1. The van der Waals surface area contributed by atoms with Crippen LogP contribution in [0.1, 0.15) is 38.2 Å². The minimum atomic E-state index is -0.387. The van der Waals surface area contributed by atoms with Crippen molar-refractivity contribution < 1.29 is 14.3 Å². The van der Waals surface area contributed by atoms with Crippen molar-refractivity contribution in [1.29, 1.82) is 0 Å². The van der Waals surface area contributed by atoms with Gasteiger partial charge in [-0.3, -0.25) is 9.69 Å². The molecule has 3 aliphatic rings. The Balaban J connectivity index is 1.58. The Morgan fingerprint density at radius 1 is 1.26 bits per heavy atom. The SMILES string of the molecule is CC(=O)[C@@H]1C[C@@H]2CCC3(C[C@@H]2N1Cc1ccccc1)OCCO3. The van der Waals surface area contributed by atoms with Crippen LogP contribution in [0.25, 0.3) is 0 Å². The summed E-state index contributed by atoms with van der Waals surface area (Å²) < 4.78 is 11.9. The quantitative estimate of drug-likeness (QED) is 0.860. The third-order valence-corrected chi connectivity index (χ3v) is 5.80. The van der Waals surface area contributed by atoms with Crippen LogP contribution in [-0.2, 0) is 20.8 Å². The lowest BCUT2D eigenvalue weighted by molar-refractivity contribution is -0.193. The van der Waals surface area contributed by atoms with Crippen LogP contribution in [-0.4, -0.2) is 41.8 Å². The fourth-order valence-electron chi connectivity index (χ4n) is 4.68. The van der Waals surface area contributed by atoms with E-state index in [-0.39, 0.29) is 17.6 Å². The highest BCUT2D eigenvalue weighted by Gasteiger charge is 2.52. The van der Waals surface area contributed by atoms with Gasteiger partial charge in [0.2, 0.25) is 0 Å². The van der Waals surface area contributed by atoms with Crippen LogP contribution >= 0.6 is 0 Å². The molecule has 0 aromatic heterocycles. The first-order chi connectivity index (χ1) is 11.2. The minimum absolute atomic E-state index is 0.0433. The summed E-state index contributed by atoms with van der Waals surface area (Å²) in [6.07, 6.45) is 3.95. The van der Waals surface area contributed by atoms with Crippen LogP contribution in [0.15, 0.2) is 30.3 Å². The standard InChI is InChI=1S/C19H25NO3/c1-14(21)17-11-16-7-8-19(22-9-10-23-19)12-18(16)20(17)13-15-5-3-2-4-6-15/h2-6,16-18H,7-13H2,1H3/t16-,17-,18-/m0/s1. The molecule has 2 heterocycles. The van der Waals surface area contributed by atoms with Gasteiger partial charge in [-0.05, 0) is 31.2 Å². The molecule has 4 rings (SSSR count). The lowest BCUT2D eigenvalue weighted by Crippen LogP contribution is -2.48. The fourth-order valence-corrected chi connectivity index (χ4v) is 4.68. The molecular weight excluding hydrogens is 290 g/mol. The van der Waals surface area contributed by atoms with E-state index in [4.69, 9.17) is 9.47 Å². The number of hydrogen-bond acceptors (Lipinski definition) is 4. The lowest BCUT2D eigenvalue weighted by Gasteiger charge is -2.41. The van der Waals surface area contributed by atoms with Gasteiger partial charge < -0.3 is 9.47 Å². The largest absolute Gasteiger partial charge is 0.347 e. The summed E-state index contributed by atoms with van der Waals surface area (Å²) in [5.41, 5.74) is 1.27. The molecule has 4 nitrogen and oxygen atoms in total. The maximum absolute atomic E-state index is 12.2. The molecule has 0 bridgehead atoms. The number of carbonyl (C=O) groups is 1. The van der Waals surface area contributed by atoms with E-state index < -0.39 is 0 Å². The van der Waals surface area contributed by atoms with Crippen LogP contribution in [0.4, 0.5) is 0 Å². The van der Waals surface area contributed by atoms with Crippen LogP contribution in [0.3, 0.4) is 0 Å². The molecule has 2 saturated heterocycles. The molecule has 0 unspecified atom stereocenters. The zero-order valence-corrected chi connectivity index (χ0v) is 13.7.